The number of nitrogens with two attached hydrogens (primary N) is 1. The van der Waals surface area contributed by atoms with Crippen LogP contribution in [-0.2, 0) is 0 Å². The van der Waals surface area contributed by atoms with Crippen molar-refractivity contribution in [2.75, 3.05) is 14.2 Å². The van der Waals surface area contributed by atoms with Crippen LogP contribution in [-0.4, -0.2) is 20.3 Å². The second-order valence-electron chi connectivity index (χ2n) is 4.98. The molecule has 100 valence electrons. The van der Waals surface area contributed by atoms with Gasteiger partial charge in [-0.2, -0.15) is 0 Å². The van der Waals surface area contributed by atoms with Gasteiger partial charge in [0.05, 0.1) is 14.2 Å². The summed E-state index contributed by atoms with van der Waals surface area (Å²) in [6, 6.07) is 6.16. The molecule has 0 aromatic heterocycles. The average Bonchev–Trinajstić information content (AvgIpc) is 2.62. The fourth-order valence-corrected chi connectivity index (χ4v) is 2.94. The van der Waals surface area contributed by atoms with Crippen LogP contribution in [0.3, 0.4) is 0 Å². The molecular formula is C15H23NO2. The summed E-state index contributed by atoms with van der Waals surface area (Å²) in [7, 11) is 3.42. The van der Waals surface area contributed by atoms with E-state index in [1.165, 1.54) is 19.3 Å². The molecule has 0 saturated heterocycles. The predicted octanol–water partition coefficient (Wildman–Crippen LogP) is 3.08. The molecule has 3 nitrogen and oxygen atoms in total. The van der Waals surface area contributed by atoms with Gasteiger partial charge in [-0.3, -0.25) is 0 Å². The molecule has 2 atom stereocenters. The van der Waals surface area contributed by atoms with Gasteiger partial charge in [-0.15, -0.1) is 0 Å². The third-order valence-electron chi connectivity index (χ3n) is 3.91. The van der Waals surface area contributed by atoms with Crippen molar-refractivity contribution in [3.8, 4) is 11.5 Å². The zero-order valence-corrected chi connectivity index (χ0v) is 11.3. The van der Waals surface area contributed by atoms with Gasteiger partial charge in [0.2, 0.25) is 0 Å². The highest BCUT2D eigenvalue weighted by molar-refractivity contribution is 5.48. The maximum Gasteiger partial charge on any atom is 0.126 e. The van der Waals surface area contributed by atoms with Crippen molar-refractivity contribution in [1.29, 1.82) is 0 Å². The first kappa shape index (κ1) is 13.2. The summed E-state index contributed by atoms with van der Waals surface area (Å²) in [5, 5.41) is 0. The summed E-state index contributed by atoms with van der Waals surface area (Å²) in [6.45, 7) is 0. The van der Waals surface area contributed by atoms with E-state index < -0.39 is 0 Å². The largest absolute Gasteiger partial charge is 0.496 e. The maximum absolute atomic E-state index is 6.35. The van der Waals surface area contributed by atoms with E-state index in [9.17, 15) is 0 Å². The summed E-state index contributed by atoms with van der Waals surface area (Å²) < 4.78 is 11.0. The van der Waals surface area contributed by atoms with Crippen LogP contribution in [0, 0.1) is 0 Å². The molecule has 0 spiro atoms. The van der Waals surface area contributed by atoms with Crippen molar-refractivity contribution in [2.24, 2.45) is 5.73 Å². The quantitative estimate of drug-likeness (QED) is 0.837. The Morgan fingerprint density at radius 3 is 2.22 bits per heavy atom. The van der Waals surface area contributed by atoms with E-state index in [0.717, 1.165) is 29.9 Å². The second kappa shape index (κ2) is 6.10. The van der Waals surface area contributed by atoms with Crippen LogP contribution in [0.4, 0.5) is 0 Å². The molecule has 1 aliphatic carbocycles. The summed E-state index contributed by atoms with van der Waals surface area (Å²) in [6.07, 6.45) is 5.96. The van der Waals surface area contributed by atoms with E-state index in [1.807, 2.05) is 18.2 Å². The topological polar surface area (TPSA) is 44.5 Å². The molecule has 3 heteroatoms. The summed E-state index contributed by atoms with van der Waals surface area (Å²) in [5.41, 5.74) is 7.50. The highest BCUT2D eigenvalue weighted by Gasteiger charge is 2.27. The SMILES string of the molecule is COc1cccc(OC)c1C1CCCCCC1N. The molecule has 1 fully saturated rings. The lowest BCUT2D eigenvalue weighted by molar-refractivity contribution is 0.367. The lowest BCUT2D eigenvalue weighted by Crippen LogP contribution is -2.27. The summed E-state index contributed by atoms with van der Waals surface area (Å²) in [5.74, 6) is 2.15. The number of hydrogen-bond donors (Lipinski definition) is 1. The molecule has 1 aromatic rings. The van der Waals surface area contributed by atoms with E-state index in [2.05, 4.69) is 0 Å². The van der Waals surface area contributed by atoms with Gasteiger partial charge in [0.15, 0.2) is 0 Å². The minimum atomic E-state index is 0.206. The standard InChI is InChI=1S/C15H23NO2/c1-17-13-9-6-10-14(18-2)15(13)11-7-4-3-5-8-12(11)16/h6,9-12H,3-5,7-8,16H2,1-2H3. The highest BCUT2D eigenvalue weighted by atomic mass is 16.5. The molecule has 0 aliphatic heterocycles. The van der Waals surface area contributed by atoms with Gasteiger partial charge in [-0.25, -0.2) is 0 Å². The van der Waals surface area contributed by atoms with Crippen molar-refractivity contribution >= 4 is 0 Å². The molecule has 2 N–H and O–H groups in total. The molecular weight excluding hydrogens is 226 g/mol. The first-order valence-corrected chi connectivity index (χ1v) is 6.74. The van der Waals surface area contributed by atoms with Crippen LogP contribution in [0.1, 0.15) is 43.6 Å². The Bertz CT molecular complexity index is 370. The van der Waals surface area contributed by atoms with Crippen molar-refractivity contribution in [3.05, 3.63) is 23.8 Å². The Hall–Kier alpha value is -1.22. The molecule has 1 aromatic carbocycles. The van der Waals surface area contributed by atoms with Crippen molar-refractivity contribution in [2.45, 2.75) is 44.1 Å². The van der Waals surface area contributed by atoms with Gasteiger partial charge in [0.1, 0.15) is 11.5 Å². The number of benzene rings is 1. The Kier molecular flexibility index (Phi) is 4.48. The Morgan fingerprint density at radius 2 is 1.61 bits per heavy atom. The Labute approximate surface area is 109 Å². The lowest BCUT2D eigenvalue weighted by atomic mass is 9.87. The number of hydrogen-bond acceptors (Lipinski definition) is 3. The van der Waals surface area contributed by atoms with E-state index in [0.29, 0.717) is 5.92 Å². The molecule has 18 heavy (non-hydrogen) atoms. The van der Waals surface area contributed by atoms with E-state index >= 15 is 0 Å². The highest BCUT2D eigenvalue weighted by Crippen LogP contribution is 2.41. The minimum absolute atomic E-state index is 0.206. The molecule has 2 unspecified atom stereocenters. The molecule has 0 bridgehead atoms. The van der Waals surface area contributed by atoms with Crippen LogP contribution >= 0.6 is 0 Å². The van der Waals surface area contributed by atoms with Gasteiger partial charge in [0.25, 0.3) is 0 Å². The Balaban J connectivity index is 2.40. The third kappa shape index (κ3) is 2.61. The molecule has 1 aliphatic rings. The van der Waals surface area contributed by atoms with Crippen LogP contribution in [0.2, 0.25) is 0 Å². The van der Waals surface area contributed by atoms with Crippen molar-refractivity contribution < 1.29 is 9.47 Å². The first-order chi connectivity index (χ1) is 8.77. The maximum atomic E-state index is 6.35. The predicted molar refractivity (Wildman–Crippen MR) is 73.3 cm³/mol. The molecule has 0 heterocycles. The smallest absolute Gasteiger partial charge is 0.126 e. The first-order valence-electron chi connectivity index (χ1n) is 6.74. The van der Waals surface area contributed by atoms with E-state index in [4.69, 9.17) is 15.2 Å². The van der Waals surface area contributed by atoms with Crippen LogP contribution in [0.25, 0.3) is 0 Å². The normalized spacial score (nSPS) is 24.4. The average molecular weight is 249 g/mol. The third-order valence-corrected chi connectivity index (χ3v) is 3.91. The number of rotatable bonds is 3. The molecule has 0 amide bonds. The fraction of sp³-hybridized carbons (Fsp3) is 0.600. The van der Waals surface area contributed by atoms with Gasteiger partial charge >= 0.3 is 0 Å². The lowest BCUT2D eigenvalue weighted by Gasteiger charge is -2.25. The van der Waals surface area contributed by atoms with E-state index in [-0.39, 0.29) is 6.04 Å². The Morgan fingerprint density at radius 1 is 1.00 bits per heavy atom. The zero-order chi connectivity index (χ0) is 13.0. The van der Waals surface area contributed by atoms with Gasteiger partial charge in [-0.1, -0.05) is 25.3 Å². The summed E-state index contributed by atoms with van der Waals surface area (Å²) >= 11 is 0. The minimum Gasteiger partial charge on any atom is -0.496 e. The zero-order valence-electron chi connectivity index (χ0n) is 11.3. The number of methoxy groups -OCH3 is 2. The van der Waals surface area contributed by atoms with Crippen molar-refractivity contribution in [1.82, 2.24) is 0 Å². The van der Waals surface area contributed by atoms with Crippen LogP contribution in [0.15, 0.2) is 18.2 Å². The van der Waals surface area contributed by atoms with Gasteiger partial charge in [0, 0.05) is 17.5 Å². The van der Waals surface area contributed by atoms with E-state index in [1.54, 1.807) is 14.2 Å². The summed E-state index contributed by atoms with van der Waals surface area (Å²) in [4.78, 5) is 0. The molecule has 2 rings (SSSR count). The fourth-order valence-electron chi connectivity index (χ4n) is 2.94. The number of ether oxygens (including phenoxy) is 2. The van der Waals surface area contributed by atoms with Crippen molar-refractivity contribution in [3.63, 3.8) is 0 Å². The molecule has 0 radical (unpaired) electrons. The molecule has 1 saturated carbocycles. The van der Waals surface area contributed by atoms with Crippen LogP contribution in [0.5, 0.6) is 11.5 Å². The van der Waals surface area contributed by atoms with Crippen LogP contribution < -0.4 is 15.2 Å². The second-order valence-corrected chi connectivity index (χ2v) is 4.98. The van der Waals surface area contributed by atoms with Gasteiger partial charge < -0.3 is 15.2 Å². The monoisotopic (exact) mass is 249 g/mol. The van der Waals surface area contributed by atoms with Gasteiger partial charge in [-0.05, 0) is 25.0 Å².